The summed E-state index contributed by atoms with van der Waals surface area (Å²) in [7, 11) is 0. The smallest absolute Gasteiger partial charge is 0.393 e. The summed E-state index contributed by atoms with van der Waals surface area (Å²) < 4.78 is 36.0. The fourth-order valence-electron chi connectivity index (χ4n) is 1.15. The van der Waals surface area contributed by atoms with Gasteiger partial charge in [0.2, 0.25) is 0 Å². The molecule has 0 radical (unpaired) electrons. The monoisotopic (exact) mass is 230 g/mol. The Morgan fingerprint density at radius 1 is 1.25 bits per heavy atom. The lowest BCUT2D eigenvalue weighted by atomic mass is 10.1. The maximum Gasteiger partial charge on any atom is 0.393 e. The van der Waals surface area contributed by atoms with Crippen LogP contribution in [0.15, 0.2) is 30.3 Å². The highest BCUT2D eigenvalue weighted by molar-refractivity contribution is 5.85. The van der Waals surface area contributed by atoms with Gasteiger partial charge in [-0.3, -0.25) is 0 Å². The maximum atomic E-state index is 12.0. The van der Waals surface area contributed by atoms with Gasteiger partial charge in [0, 0.05) is 6.08 Å². The quantitative estimate of drug-likeness (QED) is 0.810. The Morgan fingerprint density at radius 3 is 2.25 bits per heavy atom. The second-order valence-corrected chi connectivity index (χ2v) is 3.21. The van der Waals surface area contributed by atoms with Crippen LogP contribution in [-0.2, 0) is 11.2 Å². The summed E-state index contributed by atoms with van der Waals surface area (Å²) in [4.78, 5) is 10.2. The zero-order chi connectivity index (χ0) is 12.2. The van der Waals surface area contributed by atoms with Crippen LogP contribution in [0.1, 0.15) is 11.1 Å². The summed E-state index contributed by atoms with van der Waals surface area (Å²) in [5.41, 5.74) is 0.702. The van der Waals surface area contributed by atoms with E-state index >= 15 is 0 Å². The number of hydrogen-bond donors (Lipinski definition) is 1. The zero-order valence-electron chi connectivity index (χ0n) is 8.16. The number of alkyl halides is 3. The van der Waals surface area contributed by atoms with Gasteiger partial charge in [-0.1, -0.05) is 24.3 Å². The van der Waals surface area contributed by atoms with Crippen molar-refractivity contribution in [1.29, 1.82) is 0 Å². The van der Waals surface area contributed by atoms with Gasteiger partial charge in [0.25, 0.3) is 0 Å². The number of carboxylic acid groups (broad SMARTS) is 1. The molecule has 0 saturated heterocycles. The first-order chi connectivity index (χ1) is 7.37. The van der Waals surface area contributed by atoms with E-state index in [2.05, 4.69) is 0 Å². The van der Waals surface area contributed by atoms with Gasteiger partial charge in [0.15, 0.2) is 0 Å². The van der Waals surface area contributed by atoms with Crippen molar-refractivity contribution in [2.75, 3.05) is 0 Å². The third-order valence-corrected chi connectivity index (χ3v) is 1.80. The lowest BCUT2D eigenvalue weighted by Gasteiger charge is -2.05. The molecule has 16 heavy (non-hydrogen) atoms. The summed E-state index contributed by atoms with van der Waals surface area (Å²) >= 11 is 0. The third kappa shape index (κ3) is 4.63. The Hall–Kier alpha value is -1.78. The van der Waals surface area contributed by atoms with Crippen LogP contribution < -0.4 is 0 Å². The van der Waals surface area contributed by atoms with Crippen molar-refractivity contribution in [3.8, 4) is 0 Å². The fourth-order valence-corrected chi connectivity index (χ4v) is 1.15. The van der Waals surface area contributed by atoms with E-state index in [0.717, 1.165) is 6.08 Å². The topological polar surface area (TPSA) is 37.3 Å². The Morgan fingerprint density at radius 2 is 1.81 bits per heavy atom. The highest BCUT2D eigenvalue weighted by Gasteiger charge is 2.27. The Kier molecular flexibility index (Phi) is 3.71. The number of carboxylic acids is 1. The Labute approximate surface area is 90.0 Å². The second kappa shape index (κ2) is 4.83. The van der Waals surface area contributed by atoms with Crippen LogP contribution >= 0.6 is 0 Å². The van der Waals surface area contributed by atoms with Crippen molar-refractivity contribution in [1.82, 2.24) is 0 Å². The van der Waals surface area contributed by atoms with Crippen LogP contribution in [0.2, 0.25) is 0 Å². The van der Waals surface area contributed by atoms with E-state index < -0.39 is 18.6 Å². The van der Waals surface area contributed by atoms with Crippen LogP contribution in [-0.4, -0.2) is 17.3 Å². The predicted molar refractivity (Wildman–Crippen MR) is 52.9 cm³/mol. The normalized spacial score (nSPS) is 11.9. The molecule has 1 rings (SSSR count). The molecule has 0 unspecified atom stereocenters. The molecule has 1 aromatic carbocycles. The first kappa shape index (κ1) is 12.3. The largest absolute Gasteiger partial charge is 0.478 e. The maximum absolute atomic E-state index is 12.0. The van der Waals surface area contributed by atoms with Crippen LogP contribution in [0.5, 0.6) is 0 Å². The van der Waals surface area contributed by atoms with Gasteiger partial charge in [0.05, 0.1) is 6.42 Å². The second-order valence-electron chi connectivity index (χ2n) is 3.21. The number of rotatable bonds is 3. The molecule has 2 nitrogen and oxygen atoms in total. The van der Waals surface area contributed by atoms with E-state index in [1.54, 1.807) is 0 Å². The van der Waals surface area contributed by atoms with Crippen LogP contribution in [0.25, 0.3) is 6.08 Å². The van der Waals surface area contributed by atoms with E-state index in [4.69, 9.17) is 5.11 Å². The molecule has 5 heteroatoms. The van der Waals surface area contributed by atoms with Gasteiger partial charge >= 0.3 is 12.1 Å². The molecule has 0 amide bonds. The van der Waals surface area contributed by atoms with Crippen molar-refractivity contribution in [2.45, 2.75) is 12.6 Å². The molecule has 0 fully saturated rings. The molecular formula is C11H9F3O2. The average molecular weight is 230 g/mol. The third-order valence-electron chi connectivity index (χ3n) is 1.80. The number of hydrogen-bond acceptors (Lipinski definition) is 1. The van der Waals surface area contributed by atoms with Gasteiger partial charge in [-0.15, -0.1) is 0 Å². The van der Waals surface area contributed by atoms with Crippen LogP contribution in [0, 0.1) is 0 Å². The number of carbonyl (C=O) groups is 1. The van der Waals surface area contributed by atoms with Crippen LogP contribution in [0.4, 0.5) is 13.2 Å². The molecule has 0 saturated carbocycles. The fraction of sp³-hybridized carbons (Fsp3) is 0.182. The first-order valence-electron chi connectivity index (χ1n) is 4.43. The molecule has 86 valence electrons. The van der Waals surface area contributed by atoms with Gasteiger partial charge in [-0.2, -0.15) is 13.2 Å². The lowest BCUT2D eigenvalue weighted by Crippen LogP contribution is -2.11. The highest BCUT2D eigenvalue weighted by Crippen LogP contribution is 2.21. The minimum Gasteiger partial charge on any atom is -0.478 e. The molecule has 0 atom stereocenters. The van der Waals surface area contributed by atoms with Crippen molar-refractivity contribution < 1.29 is 23.1 Å². The molecule has 0 aromatic heterocycles. The highest BCUT2D eigenvalue weighted by atomic mass is 19.4. The average Bonchev–Trinajstić information content (AvgIpc) is 2.14. The summed E-state index contributed by atoms with van der Waals surface area (Å²) in [6.07, 6.45) is -2.95. The van der Waals surface area contributed by atoms with Gasteiger partial charge in [0.1, 0.15) is 0 Å². The number of benzene rings is 1. The Bertz CT molecular complexity index is 391. The molecule has 1 aromatic rings. The van der Waals surface area contributed by atoms with Crippen molar-refractivity contribution in [3.05, 3.63) is 41.5 Å². The van der Waals surface area contributed by atoms with E-state index in [1.165, 1.54) is 30.3 Å². The minimum absolute atomic E-state index is 0.153. The van der Waals surface area contributed by atoms with E-state index in [0.29, 0.717) is 5.56 Å². The molecular weight excluding hydrogens is 221 g/mol. The molecule has 1 N–H and O–H groups in total. The zero-order valence-corrected chi connectivity index (χ0v) is 8.16. The van der Waals surface area contributed by atoms with Gasteiger partial charge in [-0.25, -0.2) is 4.79 Å². The minimum atomic E-state index is -4.22. The first-order valence-corrected chi connectivity index (χ1v) is 4.43. The number of halogens is 3. The lowest BCUT2D eigenvalue weighted by molar-refractivity contribution is -0.131. The van der Waals surface area contributed by atoms with E-state index in [1.807, 2.05) is 0 Å². The predicted octanol–water partition coefficient (Wildman–Crippen LogP) is 2.89. The molecule has 0 aliphatic carbocycles. The van der Waals surface area contributed by atoms with E-state index in [9.17, 15) is 18.0 Å². The summed E-state index contributed by atoms with van der Waals surface area (Å²) in [6, 6.07) is 5.55. The molecule has 0 aliphatic heterocycles. The van der Waals surface area contributed by atoms with E-state index in [-0.39, 0.29) is 5.56 Å². The molecule has 0 aliphatic rings. The van der Waals surface area contributed by atoms with Gasteiger partial charge in [-0.05, 0) is 17.2 Å². The molecule has 0 heterocycles. The summed E-state index contributed by atoms with van der Waals surface area (Å²) in [5.74, 6) is -1.10. The number of aliphatic carboxylic acids is 1. The van der Waals surface area contributed by atoms with Crippen molar-refractivity contribution in [2.24, 2.45) is 0 Å². The van der Waals surface area contributed by atoms with Crippen LogP contribution in [0.3, 0.4) is 0 Å². The SMILES string of the molecule is O=C(O)C=Cc1ccc(CC(F)(F)F)cc1. The molecule has 0 bridgehead atoms. The standard InChI is InChI=1S/C11H9F3O2/c12-11(13,14)7-9-3-1-8(2-4-9)5-6-10(15)16/h1-6H,7H2,(H,15,16). The Balaban J connectivity index is 2.72. The van der Waals surface area contributed by atoms with Crippen molar-refractivity contribution >= 4 is 12.0 Å². The van der Waals surface area contributed by atoms with Gasteiger partial charge < -0.3 is 5.11 Å². The summed E-state index contributed by atoms with van der Waals surface area (Å²) in [5, 5.41) is 8.35. The molecule has 0 spiro atoms. The van der Waals surface area contributed by atoms with Crippen molar-refractivity contribution in [3.63, 3.8) is 0 Å². The summed E-state index contributed by atoms with van der Waals surface area (Å²) in [6.45, 7) is 0.